The van der Waals surface area contributed by atoms with Gasteiger partial charge in [-0.3, -0.25) is 14.5 Å². The van der Waals surface area contributed by atoms with Gasteiger partial charge in [0.1, 0.15) is 4.32 Å². The van der Waals surface area contributed by atoms with Gasteiger partial charge in [0.25, 0.3) is 5.91 Å². The zero-order valence-electron chi connectivity index (χ0n) is 19.3. The minimum absolute atomic E-state index is 0.112. The summed E-state index contributed by atoms with van der Waals surface area (Å²) in [5, 5.41) is 3.46. The molecule has 8 heteroatoms. The topological polar surface area (TPSA) is 62.3 Å². The molecule has 1 fully saturated rings. The maximum atomic E-state index is 12.7. The number of allylic oxidation sites excluding steroid dienone is 2. The fraction of sp³-hybridized carbons (Fsp3) is 0.185. The highest BCUT2D eigenvalue weighted by atomic mass is 32.2. The van der Waals surface area contributed by atoms with Crippen molar-refractivity contribution in [3.63, 3.8) is 0 Å². The van der Waals surface area contributed by atoms with Gasteiger partial charge in [0.2, 0.25) is 5.91 Å². The van der Waals surface area contributed by atoms with E-state index in [9.17, 15) is 9.59 Å². The number of aromatic nitrogens is 1. The van der Waals surface area contributed by atoms with Crippen molar-refractivity contribution in [2.24, 2.45) is 0 Å². The van der Waals surface area contributed by atoms with E-state index in [-0.39, 0.29) is 18.2 Å². The zero-order chi connectivity index (χ0) is 24.6. The molecule has 1 saturated heterocycles. The number of hydrogen-bond donors (Lipinski definition) is 1. The van der Waals surface area contributed by atoms with E-state index in [4.69, 9.17) is 12.2 Å². The molecule has 0 aliphatic carbocycles. The molecule has 0 saturated carbocycles. The number of hydrogen-bond acceptors (Lipinski definition) is 6. The fourth-order valence-electron chi connectivity index (χ4n) is 3.45. The second-order valence-electron chi connectivity index (χ2n) is 8.07. The van der Waals surface area contributed by atoms with Gasteiger partial charge in [-0.25, -0.2) is 4.98 Å². The lowest BCUT2D eigenvalue weighted by molar-refractivity contribution is -0.122. The number of aryl methyl sites for hydroxylation is 1. The van der Waals surface area contributed by atoms with Crippen molar-refractivity contribution in [3.8, 4) is 0 Å². The van der Waals surface area contributed by atoms with Gasteiger partial charge < -0.3 is 5.32 Å². The average molecular weight is 520 g/mol. The lowest BCUT2D eigenvalue weighted by Crippen LogP contribution is -2.29. The third-order valence-corrected chi connectivity index (χ3v) is 7.60. The van der Waals surface area contributed by atoms with Gasteiger partial charge in [0.15, 0.2) is 5.13 Å². The van der Waals surface area contributed by atoms with E-state index in [0.29, 0.717) is 27.3 Å². The lowest BCUT2D eigenvalue weighted by atomic mass is 10.1. The third-order valence-electron chi connectivity index (χ3n) is 5.29. The van der Waals surface area contributed by atoms with Crippen LogP contribution in [0.15, 0.2) is 77.9 Å². The molecule has 5 nitrogen and oxygen atoms in total. The molecule has 1 N–H and O–H groups in total. The first kappa shape index (κ1) is 25.0. The van der Waals surface area contributed by atoms with Crippen LogP contribution in [-0.2, 0) is 16.0 Å². The van der Waals surface area contributed by atoms with Gasteiger partial charge in [0, 0.05) is 30.5 Å². The first-order valence-electron chi connectivity index (χ1n) is 11.2. The molecule has 0 bridgehead atoms. The summed E-state index contributed by atoms with van der Waals surface area (Å²) in [6, 6.07) is 18.3. The molecule has 2 heterocycles. The number of benzene rings is 2. The Kier molecular flexibility index (Phi) is 8.63. The molecule has 2 amide bonds. The monoisotopic (exact) mass is 519 g/mol. The summed E-state index contributed by atoms with van der Waals surface area (Å²) in [6.07, 6.45) is 8.99. The van der Waals surface area contributed by atoms with Crippen LogP contribution < -0.4 is 5.32 Å². The molecule has 0 spiro atoms. The number of nitrogens with one attached hydrogen (secondary N) is 1. The maximum absolute atomic E-state index is 12.7. The Labute approximate surface area is 219 Å². The van der Waals surface area contributed by atoms with E-state index < -0.39 is 0 Å². The van der Waals surface area contributed by atoms with Gasteiger partial charge in [-0.2, -0.15) is 0 Å². The van der Waals surface area contributed by atoms with Gasteiger partial charge in [-0.05, 0) is 30.5 Å². The Morgan fingerprint density at radius 2 is 1.91 bits per heavy atom. The van der Waals surface area contributed by atoms with E-state index in [1.54, 1.807) is 17.2 Å². The zero-order valence-corrected chi connectivity index (χ0v) is 21.7. The molecule has 0 radical (unpaired) electrons. The van der Waals surface area contributed by atoms with E-state index in [2.05, 4.69) is 41.5 Å². The number of nitrogens with zero attached hydrogens (tertiary/aromatic N) is 2. The molecule has 4 rings (SSSR count). The van der Waals surface area contributed by atoms with Crippen molar-refractivity contribution < 1.29 is 9.59 Å². The van der Waals surface area contributed by atoms with Gasteiger partial charge >= 0.3 is 0 Å². The number of thioether (sulfide) groups is 1. The molecule has 178 valence electrons. The predicted molar refractivity (Wildman–Crippen MR) is 149 cm³/mol. The van der Waals surface area contributed by atoms with E-state index in [0.717, 1.165) is 16.9 Å². The summed E-state index contributed by atoms with van der Waals surface area (Å²) in [4.78, 5) is 32.7. The van der Waals surface area contributed by atoms with E-state index in [1.165, 1.54) is 34.2 Å². The second-order valence-corrected chi connectivity index (χ2v) is 10.9. The summed E-state index contributed by atoms with van der Waals surface area (Å²) in [5.74, 6) is -0.230. The minimum atomic E-state index is -0.118. The van der Waals surface area contributed by atoms with E-state index in [1.807, 2.05) is 42.5 Å². The summed E-state index contributed by atoms with van der Waals surface area (Å²) in [6.45, 7) is 2.48. The van der Waals surface area contributed by atoms with E-state index >= 15 is 0 Å². The summed E-state index contributed by atoms with van der Waals surface area (Å²) < 4.78 is 0.524. The Balaban J connectivity index is 1.22. The Bertz CT molecular complexity index is 1260. The highest BCUT2D eigenvalue weighted by Crippen LogP contribution is 2.31. The van der Waals surface area contributed by atoms with Crippen molar-refractivity contribution >= 4 is 62.7 Å². The molecular weight excluding hydrogens is 495 g/mol. The van der Waals surface area contributed by atoms with Crippen molar-refractivity contribution in [1.82, 2.24) is 9.88 Å². The fourth-order valence-corrected chi connectivity index (χ4v) is 5.57. The van der Waals surface area contributed by atoms with Crippen LogP contribution in [0.2, 0.25) is 0 Å². The van der Waals surface area contributed by atoms with Gasteiger partial charge in [-0.1, -0.05) is 96.3 Å². The Morgan fingerprint density at radius 1 is 1.14 bits per heavy atom. The normalized spacial score (nSPS) is 14.9. The lowest BCUT2D eigenvalue weighted by Gasteiger charge is -2.13. The first-order valence-corrected chi connectivity index (χ1v) is 13.3. The van der Waals surface area contributed by atoms with Crippen LogP contribution >= 0.6 is 35.3 Å². The molecule has 0 unspecified atom stereocenters. The number of thiazole rings is 1. The SMILES string of the molecule is Cc1ccc(Cc2cnc(NC(=O)CCCN3C(=O)C(=CC=Cc4ccccc4)SC3=S)s2)cc1. The smallest absolute Gasteiger partial charge is 0.266 e. The molecule has 1 aromatic heterocycles. The maximum Gasteiger partial charge on any atom is 0.266 e. The molecule has 1 aliphatic rings. The van der Waals surface area contributed by atoms with Crippen molar-refractivity contribution in [3.05, 3.63) is 99.4 Å². The third kappa shape index (κ3) is 7.21. The molecule has 0 atom stereocenters. The Hall–Kier alpha value is -3.07. The van der Waals surface area contributed by atoms with Crippen molar-refractivity contribution in [2.75, 3.05) is 11.9 Å². The van der Waals surface area contributed by atoms with Crippen LogP contribution in [0.25, 0.3) is 6.08 Å². The quantitative estimate of drug-likeness (QED) is 0.269. The number of carbonyl (C=O) groups is 2. The largest absolute Gasteiger partial charge is 0.302 e. The number of rotatable bonds is 9. The van der Waals surface area contributed by atoms with Crippen LogP contribution in [0.3, 0.4) is 0 Å². The van der Waals surface area contributed by atoms with Crippen LogP contribution in [0, 0.1) is 6.92 Å². The number of carbonyl (C=O) groups excluding carboxylic acids is 2. The average Bonchev–Trinajstić information content (AvgIpc) is 3.39. The number of thiocarbonyl (C=S) groups is 1. The number of amides is 2. The molecular formula is C27H25N3O2S3. The molecule has 35 heavy (non-hydrogen) atoms. The second kappa shape index (κ2) is 12.1. The summed E-state index contributed by atoms with van der Waals surface area (Å²) in [5.41, 5.74) is 3.51. The van der Waals surface area contributed by atoms with Crippen LogP contribution in [0.5, 0.6) is 0 Å². The molecule has 3 aromatic rings. The summed E-state index contributed by atoms with van der Waals surface area (Å²) in [7, 11) is 0. The highest BCUT2D eigenvalue weighted by Gasteiger charge is 2.31. The predicted octanol–water partition coefficient (Wildman–Crippen LogP) is 6.22. The first-order chi connectivity index (χ1) is 17.0. The Morgan fingerprint density at radius 3 is 2.69 bits per heavy atom. The molecule has 1 aliphatic heterocycles. The number of anilines is 1. The van der Waals surface area contributed by atoms with Crippen molar-refractivity contribution in [2.45, 2.75) is 26.2 Å². The van der Waals surface area contributed by atoms with Crippen LogP contribution in [-0.4, -0.2) is 32.6 Å². The van der Waals surface area contributed by atoms with Crippen LogP contribution in [0.1, 0.15) is 34.4 Å². The summed E-state index contributed by atoms with van der Waals surface area (Å²) >= 11 is 8.15. The van der Waals surface area contributed by atoms with Crippen molar-refractivity contribution in [1.29, 1.82) is 0 Å². The highest BCUT2D eigenvalue weighted by molar-refractivity contribution is 8.26. The van der Waals surface area contributed by atoms with Crippen LogP contribution in [0.4, 0.5) is 5.13 Å². The minimum Gasteiger partial charge on any atom is -0.302 e. The standard InChI is InChI=1S/C27H25N3O2S3/c1-19-12-14-21(15-13-19)17-22-18-28-26(34-22)29-24(31)11-6-16-30-25(32)23(35-27(30)33)10-5-9-20-7-3-2-4-8-20/h2-5,7-10,12-15,18H,6,11,16-17H2,1H3,(H,28,29,31). The van der Waals surface area contributed by atoms with Gasteiger partial charge in [-0.15, -0.1) is 11.3 Å². The molecule has 2 aromatic carbocycles. The van der Waals surface area contributed by atoms with Gasteiger partial charge in [0.05, 0.1) is 4.91 Å².